The number of hydrogen-bond acceptors (Lipinski definition) is 5. The lowest BCUT2D eigenvalue weighted by Crippen LogP contribution is -2.25. The van der Waals surface area contributed by atoms with Crippen LogP contribution in [0.25, 0.3) is 0 Å². The SMILES string of the molecule is FC(F)(F)c1ccc(OC2CCN(c3ccnc(C4CC4)n3)C2)nc1. The zero-order valence-electron chi connectivity index (χ0n) is 13.4. The van der Waals surface area contributed by atoms with Crippen LogP contribution in [0.15, 0.2) is 30.6 Å². The van der Waals surface area contributed by atoms with E-state index in [2.05, 4.69) is 19.9 Å². The largest absolute Gasteiger partial charge is 0.472 e. The van der Waals surface area contributed by atoms with E-state index in [1.165, 1.54) is 6.07 Å². The number of hydrogen-bond donors (Lipinski definition) is 0. The molecule has 0 N–H and O–H groups in total. The highest BCUT2D eigenvalue weighted by atomic mass is 19.4. The summed E-state index contributed by atoms with van der Waals surface area (Å²) < 4.78 is 43.4. The third-order valence-corrected chi connectivity index (χ3v) is 4.42. The summed E-state index contributed by atoms with van der Waals surface area (Å²) in [6.45, 7) is 1.41. The standard InChI is InChI=1S/C17H17F3N4O/c18-17(19,20)12-3-4-15(22-9-12)25-13-6-8-24(10-13)14-5-7-21-16(23-14)11-1-2-11/h3-5,7,9,11,13H,1-2,6,8,10H2. The van der Waals surface area contributed by atoms with Gasteiger partial charge in [0.15, 0.2) is 0 Å². The van der Waals surface area contributed by atoms with Crippen LogP contribution in [0.1, 0.15) is 36.6 Å². The average molecular weight is 350 g/mol. The van der Waals surface area contributed by atoms with Gasteiger partial charge in [-0.3, -0.25) is 0 Å². The lowest BCUT2D eigenvalue weighted by Gasteiger charge is -2.18. The van der Waals surface area contributed by atoms with Gasteiger partial charge in [-0.1, -0.05) is 0 Å². The summed E-state index contributed by atoms with van der Waals surface area (Å²) in [5.41, 5.74) is -0.776. The predicted octanol–water partition coefficient (Wildman–Crippen LogP) is 3.43. The summed E-state index contributed by atoms with van der Waals surface area (Å²) in [6.07, 6.45) is 1.14. The van der Waals surface area contributed by atoms with Crippen molar-refractivity contribution < 1.29 is 17.9 Å². The van der Waals surface area contributed by atoms with Gasteiger partial charge in [0, 0.05) is 37.3 Å². The molecule has 8 heteroatoms. The van der Waals surface area contributed by atoms with E-state index < -0.39 is 11.7 Å². The number of alkyl halides is 3. The molecule has 0 spiro atoms. The third-order valence-electron chi connectivity index (χ3n) is 4.42. The van der Waals surface area contributed by atoms with Crippen LogP contribution in [0, 0.1) is 0 Å². The van der Waals surface area contributed by atoms with Gasteiger partial charge in [0.2, 0.25) is 5.88 Å². The molecule has 3 heterocycles. The minimum atomic E-state index is -4.39. The molecule has 2 aromatic rings. The average Bonchev–Trinajstić information content (AvgIpc) is 3.34. The summed E-state index contributed by atoms with van der Waals surface area (Å²) in [5, 5.41) is 0. The number of anilines is 1. The zero-order chi connectivity index (χ0) is 17.4. The van der Waals surface area contributed by atoms with Gasteiger partial charge in [0.1, 0.15) is 17.7 Å². The fourth-order valence-electron chi connectivity index (χ4n) is 2.90. The van der Waals surface area contributed by atoms with E-state index in [1.54, 1.807) is 6.20 Å². The number of nitrogens with zero attached hydrogens (tertiary/aromatic N) is 4. The summed E-state index contributed by atoms with van der Waals surface area (Å²) >= 11 is 0. The van der Waals surface area contributed by atoms with E-state index >= 15 is 0 Å². The second kappa shape index (κ2) is 6.16. The van der Waals surface area contributed by atoms with E-state index in [9.17, 15) is 13.2 Å². The Kier molecular flexibility index (Phi) is 3.97. The van der Waals surface area contributed by atoms with Crippen LogP contribution >= 0.6 is 0 Å². The number of ether oxygens (including phenoxy) is 1. The van der Waals surface area contributed by atoms with E-state index in [-0.39, 0.29) is 12.0 Å². The molecule has 0 radical (unpaired) electrons. The summed E-state index contributed by atoms with van der Waals surface area (Å²) in [6, 6.07) is 4.13. The van der Waals surface area contributed by atoms with Crippen LogP contribution in [0.4, 0.5) is 19.0 Å². The topological polar surface area (TPSA) is 51.1 Å². The maximum Gasteiger partial charge on any atom is 0.417 e. The lowest BCUT2D eigenvalue weighted by atomic mass is 10.3. The molecule has 1 aliphatic carbocycles. The van der Waals surface area contributed by atoms with Gasteiger partial charge in [-0.2, -0.15) is 13.2 Å². The summed E-state index contributed by atoms with van der Waals surface area (Å²) in [5.74, 6) is 2.47. The van der Waals surface area contributed by atoms with E-state index in [1.807, 2.05) is 6.07 Å². The Hall–Kier alpha value is -2.38. The number of halogens is 3. The Balaban J connectivity index is 1.38. The van der Waals surface area contributed by atoms with Crippen molar-refractivity contribution in [2.45, 2.75) is 37.5 Å². The third kappa shape index (κ3) is 3.67. The maximum atomic E-state index is 12.6. The van der Waals surface area contributed by atoms with Gasteiger partial charge in [-0.25, -0.2) is 15.0 Å². The minimum Gasteiger partial charge on any atom is -0.472 e. The molecule has 1 atom stereocenters. The molecule has 1 saturated heterocycles. The fourth-order valence-corrected chi connectivity index (χ4v) is 2.90. The van der Waals surface area contributed by atoms with Gasteiger partial charge < -0.3 is 9.64 Å². The Morgan fingerprint density at radius 2 is 1.92 bits per heavy atom. The molecule has 2 aromatic heterocycles. The van der Waals surface area contributed by atoms with Crippen molar-refractivity contribution in [1.82, 2.24) is 15.0 Å². The predicted molar refractivity (Wildman–Crippen MR) is 84.5 cm³/mol. The highest BCUT2D eigenvalue weighted by molar-refractivity contribution is 5.40. The number of aromatic nitrogens is 3. The summed E-state index contributed by atoms with van der Waals surface area (Å²) in [7, 11) is 0. The van der Waals surface area contributed by atoms with Crippen molar-refractivity contribution in [3.8, 4) is 5.88 Å². The zero-order valence-corrected chi connectivity index (χ0v) is 13.4. The van der Waals surface area contributed by atoms with Crippen molar-refractivity contribution in [2.24, 2.45) is 0 Å². The molecule has 1 saturated carbocycles. The van der Waals surface area contributed by atoms with E-state index in [4.69, 9.17) is 4.74 Å². The summed E-state index contributed by atoms with van der Waals surface area (Å²) in [4.78, 5) is 14.8. The highest BCUT2D eigenvalue weighted by Crippen LogP contribution is 2.38. The van der Waals surface area contributed by atoms with E-state index in [0.29, 0.717) is 12.5 Å². The van der Waals surface area contributed by atoms with Crippen LogP contribution in [-0.2, 0) is 6.18 Å². The first-order valence-electron chi connectivity index (χ1n) is 8.27. The Morgan fingerprint density at radius 1 is 1.08 bits per heavy atom. The van der Waals surface area contributed by atoms with Crippen LogP contribution in [-0.4, -0.2) is 34.1 Å². The first-order valence-corrected chi connectivity index (χ1v) is 8.27. The van der Waals surface area contributed by atoms with Crippen LogP contribution < -0.4 is 9.64 Å². The normalized spacial score (nSPS) is 20.8. The smallest absolute Gasteiger partial charge is 0.417 e. The van der Waals surface area contributed by atoms with Crippen LogP contribution in [0.2, 0.25) is 0 Å². The van der Waals surface area contributed by atoms with E-state index in [0.717, 1.165) is 49.7 Å². The first kappa shape index (κ1) is 16.1. The van der Waals surface area contributed by atoms with Gasteiger partial charge in [0.25, 0.3) is 0 Å². The van der Waals surface area contributed by atoms with Crippen LogP contribution in [0.5, 0.6) is 5.88 Å². The van der Waals surface area contributed by atoms with Crippen molar-refractivity contribution >= 4 is 5.82 Å². The number of rotatable bonds is 4. The minimum absolute atomic E-state index is 0.122. The molecule has 2 aliphatic rings. The Morgan fingerprint density at radius 3 is 2.60 bits per heavy atom. The molecule has 1 aliphatic heterocycles. The lowest BCUT2D eigenvalue weighted by molar-refractivity contribution is -0.137. The maximum absolute atomic E-state index is 12.6. The van der Waals surface area contributed by atoms with Crippen molar-refractivity contribution in [3.63, 3.8) is 0 Å². The monoisotopic (exact) mass is 350 g/mol. The molecule has 0 bridgehead atoms. The van der Waals surface area contributed by atoms with Crippen molar-refractivity contribution in [1.29, 1.82) is 0 Å². The van der Waals surface area contributed by atoms with Gasteiger partial charge in [-0.05, 0) is 25.0 Å². The van der Waals surface area contributed by atoms with Gasteiger partial charge in [-0.15, -0.1) is 0 Å². The highest BCUT2D eigenvalue weighted by Gasteiger charge is 2.32. The molecular formula is C17H17F3N4O. The van der Waals surface area contributed by atoms with Crippen molar-refractivity contribution in [3.05, 3.63) is 42.0 Å². The Bertz CT molecular complexity index is 746. The van der Waals surface area contributed by atoms with Crippen LogP contribution in [0.3, 0.4) is 0 Å². The second-order valence-electron chi connectivity index (χ2n) is 6.40. The molecule has 5 nitrogen and oxygen atoms in total. The molecule has 0 aromatic carbocycles. The van der Waals surface area contributed by atoms with Gasteiger partial charge in [0.05, 0.1) is 12.1 Å². The molecule has 4 rings (SSSR count). The second-order valence-corrected chi connectivity index (χ2v) is 6.40. The quantitative estimate of drug-likeness (QED) is 0.846. The molecule has 132 valence electrons. The van der Waals surface area contributed by atoms with Crippen molar-refractivity contribution in [2.75, 3.05) is 18.0 Å². The first-order chi connectivity index (χ1) is 12.0. The molecule has 0 amide bonds. The molecule has 2 fully saturated rings. The molecular weight excluding hydrogens is 333 g/mol. The Labute approximate surface area is 142 Å². The van der Waals surface area contributed by atoms with Gasteiger partial charge >= 0.3 is 6.18 Å². The molecule has 25 heavy (non-hydrogen) atoms. The molecule has 1 unspecified atom stereocenters. The number of pyridine rings is 1. The fraction of sp³-hybridized carbons (Fsp3) is 0.471.